The Morgan fingerprint density at radius 1 is 1.06 bits per heavy atom. The maximum Gasteiger partial charge on any atom is 0.148 e. The Labute approximate surface area is 113 Å². The second kappa shape index (κ2) is 5.26. The van der Waals surface area contributed by atoms with E-state index >= 15 is 0 Å². The summed E-state index contributed by atoms with van der Waals surface area (Å²) in [6.45, 7) is 0. The lowest BCUT2D eigenvalue weighted by atomic mass is 10.2. The van der Waals surface area contributed by atoms with Crippen molar-refractivity contribution >= 4 is 23.2 Å². The molecule has 2 aromatic rings. The summed E-state index contributed by atoms with van der Waals surface area (Å²) in [6, 6.07) is 10.3. The van der Waals surface area contributed by atoms with E-state index < -0.39 is 5.82 Å². The van der Waals surface area contributed by atoms with E-state index in [-0.39, 0.29) is 22.1 Å². The molecule has 2 rings (SSSR count). The third-order valence-corrected chi connectivity index (χ3v) is 2.72. The second-order valence-electron chi connectivity index (χ2n) is 3.43. The number of halogens is 3. The Morgan fingerprint density at radius 3 is 2.56 bits per heavy atom. The van der Waals surface area contributed by atoms with Crippen molar-refractivity contribution in [1.82, 2.24) is 0 Å². The Kier molecular flexibility index (Phi) is 3.71. The Bertz CT molecular complexity index is 637. The molecule has 0 aliphatic carbocycles. The molecule has 0 N–H and O–H groups in total. The van der Waals surface area contributed by atoms with Gasteiger partial charge in [-0.15, -0.1) is 0 Å². The molecule has 0 atom stereocenters. The second-order valence-corrected chi connectivity index (χ2v) is 4.27. The number of rotatable bonds is 2. The number of nitrogens with zero attached hydrogens (tertiary/aromatic N) is 1. The fourth-order valence-corrected chi connectivity index (χ4v) is 1.68. The van der Waals surface area contributed by atoms with Gasteiger partial charge in [0.05, 0.1) is 10.6 Å². The van der Waals surface area contributed by atoms with Crippen molar-refractivity contribution in [3.63, 3.8) is 0 Å². The molecule has 0 saturated carbocycles. The standard InChI is InChI=1S/C13H6Cl2FNO/c14-9-1-4-12(8(5-9)7-17)18-13-6-10(16)2-3-11(13)15/h1-6H. The third kappa shape index (κ3) is 2.73. The molecule has 2 nitrogen and oxygen atoms in total. The highest BCUT2D eigenvalue weighted by atomic mass is 35.5. The van der Waals surface area contributed by atoms with Crippen LogP contribution in [0, 0.1) is 17.1 Å². The molecule has 0 spiro atoms. The van der Waals surface area contributed by atoms with Crippen molar-refractivity contribution in [1.29, 1.82) is 5.26 Å². The van der Waals surface area contributed by atoms with Crippen LogP contribution in [0.2, 0.25) is 10.0 Å². The van der Waals surface area contributed by atoms with E-state index in [1.54, 1.807) is 6.07 Å². The molecule has 0 heterocycles. The molecule has 5 heteroatoms. The minimum Gasteiger partial charge on any atom is -0.454 e. The molecule has 2 aromatic carbocycles. The molecule has 18 heavy (non-hydrogen) atoms. The van der Waals surface area contributed by atoms with E-state index in [4.69, 9.17) is 33.2 Å². The summed E-state index contributed by atoms with van der Waals surface area (Å²) in [7, 11) is 0. The SMILES string of the molecule is N#Cc1cc(Cl)ccc1Oc1cc(F)ccc1Cl. The maximum absolute atomic E-state index is 13.1. The maximum atomic E-state index is 13.1. The molecule has 0 unspecified atom stereocenters. The minimum atomic E-state index is -0.470. The van der Waals surface area contributed by atoms with Crippen LogP contribution < -0.4 is 4.74 Å². The molecule has 0 saturated heterocycles. The van der Waals surface area contributed by atoms with Crippen LogP contribution in [-0.2, 0) is 0 Å². The zero-order valence-corrected chi connectivity index (χ0v) is 10.5. The predicted molar refractivity (Wildman–Crippen MR) is 67.7 cm³/mol. The summed E-state index contributed by atoms with van der Waals surface area (Å²) in [5.74, 6) is -0.0493. The average Bonchev–Trinajstić information content (AvgIpc) is 2.36. The van der Waals surface area contributed by atoms with Crippen molar-refractivity contribution in [2.24, 2.45) is 0 Å². The average molecular weight is 282 g/mol. The van der Waals surface area contributed by atoms with Crippen LogP contribution in [0.25, 0.3) is 0 Å². The van der Waals surface area contributed by atoms with E-state index in [1.807, 2.05) is 6.07 Å². The first-order valence-corrected chi connectivity index (χ1v) is 5.68. The van der Waals surface area contributed by atoms with Crippen LogP contribution in [0.1, 0.15) is 5.56 Å². The van der Waals surface area contributed by atoms with Gasteiger partial charge >= 0.3 is 0 Å². The molecular formula is C13H6Cl2FNO. The lowest BCUT2D eigenvalue weighted by Crippen LogP contribution is -1.90. The van der Waals surface area contributed by atoms with Crippen LogP contribution in [0.15, 0.2) is 36.4 Å². The van der Waals surface area contributed by atoms with Gasteiger partial charge in [-0.1, -0.05) is 23.2 Å². The van der Waals surface area contributed by atoms with Gasteiger partial charge in [-0.25, -0.2) is 4.39 Å². The number of hydrogen-bond donors (Lipinski definition) is 0. The smallest absolute Gasteiger partial charge is 0.148 e. The van der Waals surface area contributed by atoms with Crippen molar-refractivity contribution in [3.8, 4) is 17.6 Å². The Balaban J connectivity index is 2.40. The highest BCUT2D eigenvalue weighted by Gasteiger charge is 2.09. The van der Waals surface area contributed by atoms with Crippen LogP contribution >= 0.6 is 23.2 Å². The van der Waals surface area contributed by atoms with Crippen molar-refractivity contribution in [2.45, 2.75) is 0 Å². The van der Waals surface area contributed by atoms with Gasteiger partial charge in [0.25, 0.3) is 0 Å². The van der Waals surface area contributed by atoms with E-state index in [9.17, 15) is 4.39 Å². The number of nitriles is 1. The predicted octanol–water partition coefficient (Wildman–Crippen LogP) is 4.80. The van der Waals surface area contributed by atoms with E-state index in [0.29, 0.717) is 5.02 Å². The Morgan fingerprint density at radius 2 is 1.83 bits per heavy atom. The molecule has 0 aliphatic rings. The topological polar surface area (TPSA) is 33.0 Å². The van der Waals surface area contributed by atoms with Crippen molar-refractivity contribution < 1.29 is 9.13 Å². The van der Waals surface area contributed by atoms with Gasteiger partial charge in [-0.3, -0.25) is 0 Å². The van der Waals surface area contributed by atoms with E-state index in [1.165, 1.54) is 24.3 Å². The normalized spacial score (nSPS) is 9.89. The van der Waals surface area contributed by atoms with Crippen LogP contribution in [0.5, 0.6) is 11.5 Å². The molecule has 0 aliphatic heterocycles. The van der Waals surface area contributed by atoms with Gasteiger partial charge in [0, 0.05) is 11.1 Å². The lowest BCUT2D eigenvalue weighted by Gasteiger charge is -2.09. The highest BCUT2D eigenvalue weighted by molar-refractivity contribution is 6.32. The highest BCUT2D eigenvalue weighted by Crippen LogP contribution is 2.32. The van der Waals surface area contributed by atoms with Crippen LogP contribution in [0.3, 0.4) is 0 Å². The first-order valence-electron chi connectivity index (χ1n) is 4.92. The summed E-state index contributed by atoms with van der Waals surface area (Å²) < 4.78 is 18.5. The lowest BCUT2D eigenvalue weighted by molar-refractivity contribution is 0.475. The van der Waals surface area contributed by atoms with Gasteiger partial charge in [0.1, 0.15) is 23.4 Å². The quantitative estimate of drug-likeness (QED) is 0.792. The molecule has 0 amide bonds. The van der Waals surface area contributed by atoms with Gasteiger partial charge in [-0.2, -0.15) is 5.26 Å². The zero-order valence-electron chi connectivity index (χ0n) is 8.95. The molecule has 0 radical (unpaired) electrons. The summed E-state index contributed by atoms with van der Waals surface area (Å²) in [5.41, 5.74) is 0.253. The first kappa shape index (κ1) is 12.7. The fourth-order valence-electron chi connectivity index (χ4n) is 1.35. The van der Waals surface area contributed by atoms with Gasteiger partial charge in [0.2, 0.25) is 0 Å². The minimum absolute atomic E-state index is 0.149. The largest absolute Gasteiger partial charge is 0.454 e. The van der Waals surface area contributed by atoms with E-state index in [2.05, 4.69) is 0 Å². The summed E-state index contributed by atoms with van der Waals surface area (Å²) in [4.78, 5) is 0. The van der Waals surface area contributed by atoms with Gasteiger partial charge in [0.15, 0.2) is 0 Å². The van der Waals surface area contributed by atoms with Gasteiger partial charge < -0.3 is 4.74 Å². The monoisotopic (exact) mass is 281 g/mol. The first-order chi connectivity index (χ1) is 8.60. The van der Waals surface area contributed by atoms with Crippen LogP contribution in [0.4, 0.5) is 4.39 Å². The van der Waals surface area contributed by atoms with Gasteiger partial charge in [-0.05, 0) is 30.3 Å². The number of ether oxygens (including phenoxy) is 1. The fraction of sp³-hybridized carbons (Fsp3) is 0. The molecule has 0 bridgehead atoms. The van der Waals surface area contributed by atoms with Crippen molar-refractivity contribution in [2.75, 3.05) is 0 Å². The molecule has 0 aromatic heterocycles. The van der Waals surface area contributed by atoms with E-state index in [0.717, 1.165) is 6.07 Å². The molecule has 0 fully saturated rings. The summed E-state index contributed by atoms with van der Waals surface area (Å²) >= 11 is 11.6. The van der Waals surface area contributed by atoms with Crippen molar-refractivity contribution in [3.05, 3.63) is 57.8 Å². The number of benzene rings is 2. The summed E-state index contributed by atoms with van der Waals surface area (Å²) in [5, 5.41) is 9.63. The van der Waals surface area contributed by atoms with Crippen LogP contribution in [-0.4, -0.2) is 0 Å². The Hall–Kier alpha value is -1.76. The number of hydrogen-bond acceptors (Lipinski definition) is 2. The zero-order chi connectivity index (χ0) is 13.1. The molecular weight excluding hydrogens is 276 g/mol. The molecule has 90 valence electrons. The third-order valence-electron chi connectivity index (χ3n) is 2.18. The summed E-state index contributed by atoms with van der Waals surface area (Å²) in [6.07, 6.45) is 0.